The van der Waals surface area contributed by atoms with E-state index in [-0.39, 0.29) is 18.8 Å². The topological polar surface area (TPSA) is 79.3 Å². The maximum Gasteiger partial charge on any atom is 0.308 e. The summed E-state index contributed by atoms with van der Waals surface area (Å²) < 4.78 is 10.7. The van der Waals surface area contributed by atoms with E-state index in [1.165, 1.54) is 0 Å². The standard InChI is InChI=1S/C16H21NO4.C9H19NO/c1-9(2)15-14(16(18)19)11(7-17(15)3)10-4-5-12-13(6-10)21-8-20-12;1-3-5-7-10(9-11)8-6-4-2/h4-6,9,11,14-15H,7-8H2,1-3H3,(H,18,19);9H,3-8H2,1-2H3. The first-order valence-corrected chi connectivity index (χ1v) is 11.9. The number of likely N-dealkylation sites (tertiary alicyclic amines) is 1. The summed E-state index contributed by atoms with van der Waals surface area (Å²) in [4.78, 5) is 26.3. The van der Waals surface area contributed by atoms with Gasteiger partial charge in [-0.05, 0) is 43.5 Å². The van der Waals surface area contributed by atoms with Crippen molar-refractivity contribution in [2.45, 2.75) is 65.3 Å². The molecule has 1 aromatic rings. The molecule has 7 nitrogen and oxygen atoms in total. The zero-order valence-electron chi connectivity index (χ0n) is 20.3. The van der Waals surface area contributed by atoms with Gasteiger partial charge in [-0.3, -0.25) is 9.59 Å². The van der Waals surface area contributed by atoms with Gasteiger partial charge in [-0.15, -0.1) is 0 Å². The summed E-state index contributed by atoms with van der Waals surface area (Å²) in [5.41, 5.74) is 1.02. The predicted molar refractivity (Wildman–Crippen MR) is 125 cm³/mol. The van der Waals surface area contributed by atoms with Crippen LogP contribution in [0.1, 0.15) is 64.9 Å². The molecular weight excluding hydrogens is 408 g/mol. The lowest BCUT2D eigenvalue weighted by Crippen LogP contribution is -2.37. The summed E-state index contributed by atoms with van der Waals surface area (Å²) in [5, 5.41) is 9.69. The third-order valence-electron chi connectivity index (χ3n) is 6.33. The predicted octanol–water partition coefficient (Wildman–Crippen LogP) is 4.21. The van der Waals surface area contributed by atoms with Crippen LogP contribution in [0.15, 0.2) is 18.2 Å². The Kier molecular flexibility index (Phi) is 10.3. The first kappa shape index (κ1) is 26.0. The van der Waals surface area contributed by atoms with E-state index in [1.54, 1.807) is 0 Å². The Morgan fingerprint density at radius 1 is 1.19 bits per heavy atom. The molecule has 3 atom stereocenters. The van der Waals surface area contributed by atoms with Crippen molar-refractivity contribution in [1.29, 1.82) is 0 Å². The molecule has 1 N–H and O–H groups in total. The molecule has 7 heteroatoms. The molecule has 1 fully saturated rings. The molecule has 1 amide bonds. The van der Waals surface area contributed by atoms with Crippen LogP contribution in [0, 0.1) is 11.8 Å². The maximum absolute atomic E-state index is 11.8. The fourth-order valence-corrected chi connectivity index (χ4v) is 4.70. The number of unbranched alkanes of at least 4 members (excludes halogenated alkanes) is 2. The summed E-state index contributed by atoms with van der Waals surface area (Å²) in [6.45, 7) is 11.3. The average Bonchev–Trinajstić information content (AvgIpc) is 3.37. The third-order valence-corrected chi connectivity index (χ3v) is 6.33. The van der Waals surface area contributed by atoms with E-state index in [2.05, 4.69) is 32.6 Å². The number of nitrogens with zero attached hydrogens (tertiary/aromatic N) is 2. The molecule has 0 aromatic heterocycles. The van der Waals surface area contributed by atoms with Crippen molar-refractivity contribution in [3.63, 3.8) is 0 Å². The molecule has 180 valence electrons. The van der Waals surface area contributed by atoms with Gasteiger partial charge in [-0.1, -0.05) is 46.6 Å². The Morgan fingerprint density at radius 3 is 2.34 bits per heavy atom. The highest BCUT2D eigenvalue weighted by molar-refractivity contribution is 5.73. The number of ether oxygens (including phenoxy) is 2. The number of fused-ring (bicyclic) bond motifs is 1. The number of benzene rings is 1. The fourth-order valence-electron chi connectivity index (χ4n) is 4.70. The van der Waals surface area contributed by atoms with E-state index in [0.717, 1.165) is 63.0 Å². The zero-order chi connectivity index (χ0) is 23.7. The number of hydrogen-bond donors (Lipinski definition) is 1. The second-order valence-electron chi connectivity index (χ2n) is 9.11. The van der Waals surface area contributed by atoms with Gasteiger partial charge in [-0.2, -0.15) is 0 Å². The number of amides is 1. The highest BCUT2D eigenvalue weighted by Gasteiger charge is 2.46. The van der Waals surface area contributed by atoms with Gasteiger partial charge < -0.3 is 24.4 Å². The lowest BCUT2D eigenvalue weighted by atomic mass is 9.81. The molecule has 2 heterocycles. The molecule has 0 radical (unpaired) electrons. The minimum absolute atomic E-state index is 0.0191. The largest absolute Gasteiger partial charge is 0.481 e. The lowest BCUT2D eigenvalue weighted by molar-refractivity contribution is -0.143. The van der Waals surface area contributed by atoms with E-state index < -0.39 is 11.9 Å². The second-order valence-corrected chi connectivity index (χ2v) is 9.11. The second kappa shape index (κ2) is 12.7. The highest BCUT2D eigenvalue weighted by atomic mass is 16.7. The van der Waals surface area contributed by atoms with Gasteiger partial charge in [-0.25, -0.2) is 0 Å². The van der Waals surface area contributed by atoms with Crippen LogP contribution in [0.4, 0.5) is 0 Å². The summed E-state index contributed by atoms with van der Waals surface area (Å²) in [7, 11) is 2.01. The van der Waals surface area contributed by atoms with Crippen LogP contribution < -0.4 is 9.47 Å². The number of carbonyl (C=O) groups is 2. The van der Waals surface area contributed by atoms with Crippen LogP contribution in [0.3, 0.4) is 0 Å². The third kappa shape index (κ3) is 6.61. The molecule has 1 aromatic carbocycles. The van der Waals surface area contributed by atoms with E-state index in [9.17, 15) is 14.7 Å². The minimum Gasteiger partial charge on any atom is -0.481 e. The SMILES string of the molecule is CC(C)C1C(C(=O)O)C(c2ccc3c(c2)OCO3)CN1C.CCCCN(C=O)CCCC. The van der Waals surface area contributed by atoms with Crippen molar-refractivity contribution >= 4 is 12.4 Å². The number of aliphatic carboxylic acids is 1. The van der Waals surface area contributed by atoms with Gasteiger partial charge in [0.15, 0.2) is 11.5 Å². The molecule has 0 spiro atoms. The van der Waals surface area contributed by atoms with Crippen molar-refractivity contribution in [2.24, 2.45) is 11.8 Å². The first-order chi connectivity index (χ1) is 15.3. The minimum atomic E-state index is -0.722. The van der Waals surface area contributed by atoms with Gasteiger partial charge in [0.25, 0.3) is 0 Å². The van der Waals surface area contributed by atoms with E-state index in [4.69, 9.17) is 9.47 Å². The Hall–Kier alpha value is -2.28. The maximum atomic E-state index is 11.8. The highest BCUT2D eigenvalue weighted by Crippen LogP contribution is 2.42. The Morgan fingerprint density at radius 2 is 1.81 bits per heavy atom. The number of rotatable bonds is 10. The number of hydrogen-bond acceptors (Lipinski definition) is 5. The Bertz CT molecular complexity index is 731. The van der Waals surface area contributed by atoms with Crippen molar-refractivity contribution in [1.82, 2.24) is 9.80 Å². The Labute approximate surface area is 192 Å². The van der Waals surface area contributed by atoms with Crippen LogP contribution in [-0.4, -0.2) is 66.8 Å². The van der Waals surface area contributed by atoms with E-state index in [0.29, 0.717) is 11.7 Å². The van der Waals surface area contributed by atoms with Gasteiger partial charge >= 0.3 is 5.97 Å². The molecule has 0 bridgehead atoms. The molecule has 0 saturated carbocycles. The monoisotopic (exact) mass is 448 g/mol. The molecule has 0 aliphatic carbocycles. The van der Waals surface area contributed by atoms with Gasteiger partial charge in [0, 0.05) is 31.6 Å². The van der Waals surface area contributed by atoms with Crippen LogP contribution in [-0.2, 0) is 9.59 Å². The van der Waals surface area contributed by atoms with Crippen LogP contribution >= 0.6 is 0 Å². The van der Waals surface area contributed by atoms with Crippen LogP contribution in [0.2, 0.25) is 0 Å². The molecule has 2 aliphatic heterocycles. The smallest absolute Gasteiger partial charge is 0.308 e. The quantitative estimate of drug-likeness (QED) is 0.540. The van der Waals surface area contributed by atoms with Crippen molar-refractivity contribution in [3.8, 4) is 11.5 Å². The normalized spacial score (nSPS) is 21.9. The summed E-state index contributed by atoms with van der Waals surface area (Å²) in [5.74, 6) is 0.616. The summed E-state index contributed by atoms with van der Waals surface area (Å²) in [6, 6.07) is 5.82. The number of carboxylic acids is 1. The first-order valence-electron chi connectivity index (χ1n) is 11.9. The number of likely N-dealkylation sites (N-methyl/N-ethyl adjacent to an activating group) is 1. The Balaban J connectivity index is 0.000000282. The number of carbonyl (C=O) groups excluding carboxylic acids is 1. The van der Waals surface area contributed by atoms with Crippen LogP contribution in [0.5, 0.6) is 11.5 Å². The van der Waals surface area contributed by atoms with Gasteiger partial charge in [0.1, 0.15) is 0 Å². The molecule has 2 aliphatic rings. The number of carboxylic acid groups (broad SMARTS) is 1. The van der Waals surface area contributed by atoms with E-state index in [1.807, 2.05) is 30.1 Å². The fraction of sp³-hybridized carbons (Fsp3) is 0.680. The lowest BCUT2D eigenvalue weighted by Gasteiger charge is -2.27. The van der Waals surface area contributed by atoms with E-state index >= 15 is 0 Å². The molecular formula is C25H40N2O5. The van der Waals surface area contributed by atoms with Crippen LogP contribution in [0.25, 0.3) is 0 Å². The molecule has 1 saturated heterocycles. The van der Waals surface area contributed by atoms with Gasteiger partial charge in [0.2, 0.25) is 13.2 Å². The van der Waals surface area contributed by atoms with Crippen molar-refractivity contribution in [3.05, 3.63) is 23.8 Å². The molecule has 3 unspecified atom stereocenters. The van der Waals surface area contributed by atoms with Crippen molar-refractivity contribution < 1.29 is 24.2 Å². The summed E-state index contributed by atoms with van der Waals surface area (Å²) in [6.07, 6.45) is 5.54. The van der Waals surface area contributed by atoms with Crippen molar-refractivity contribution in [2.75, 3.05) is 33.5 Å². The average molecular weight is 449 g/mol. The summed E-state index contributed by atoms with van der Waals surface area (Å²) >= 11 is 0. The van der Waals surface area contributed by atoms with Gasteiger partial charge in [0.05, 0.1) is 5.92 Å². The molecule has 32 heavy (non-hydrogen) atoms. The zero-order valence-corrected chi connectivity index (χ0v) is 20.3. The molecule has 3 rings (SSSR count).